The van der Waals surface area contributed by atoms with Crippen molar-refractivity contribution in [3.05, 3.63) is 60.2 Å². The number of carbonyl (C=O) groups is 1. The Morgan fingerprint density at radius 3 is 2.67 bits per heavy atom. The van der Waals surface area contributed by atoms with Crippen LogP contribution in [0.25, 0.3) is 10.6 Å². The van der Waals surface area contributed by atoms with Crippen molar-refractivity contribution in [2.24, 2.45) is 0 Å². The molecule has 6 heteroatoms. The third-order valence-corrected chi connectivity index (χ3v) is 3.58. The van der Waals surface area contributed by atoms with Gasteiger partial charge >= 0.3 is 6.03 Å². The Bertz CT molecular complexity index is 728. The zero-order chi connectivity index (χ0) is 14.5. The van der Waals surface area contributed by atoms with Crippen LogP contribution in [0.1, 0.15) is 0 Å². The molecule has 0 radical (unpaired) electrons. The highest BCUT2D eigenvalue weighted by Gasteiger charge is 2.07. The second-order valence-electron chi connectivity index (χ2n) is 4.22. The molecule has 2 amide bonds. The second kappa shape index (κ2) is 6.15. The average Bonchev–Trinajstić information content (AvgIpc) is 2.97. The highest BCUT2D eigenvalue weighted by molar-refractivity contribution is 7.13. The van der Waals surface area contributed by atoms with Crippen molar-refractivity contribution in [3.8, 4) is 10.6 Å². The molecule has 2 aromatic heterocycles. The average molecular weight is 296 g/mol. The highest BCUT2D eigenvalue weighted by Crippen LogP contribution is 2.24. The maximum atomic E-state index is 11.9. The smallest absolute Gasteiger partial charge is 0.308 e. The molecule has 0 atom stereocenters. The fourth-order valence-corrected chi connectivity index (χ4v) is 2.50. The molecule has 0 bridgehead atoms. The van der Waals surface area contributed by atoms with Crippen molar-refractivity contribution in [1.82, 2.24) is 9.97 Å². The van der Waals surface area contributed by atoms with E-state index in [-0.39, 0.29) is 6.03 Å². The molecule has 104 valence electrons. The fourth-order valence-electron chi connectivity index (χ4n) is 1.75. The van der Waals surface area contributed by atoms with Gasteiger partial charge in [-0.05, 0) is 24.3 Å². The van der Waals surface area contributed by atoms with Crippen molar-refractivity contribution in [3.63, 3.8) is 0 Å². The fraction of sp³-hybridized carbons (Fsp3) is 0. The zero-order valence-corrected chi connectivity index (χ0v) is 11.8. The lowest BCUT2D eigenvalue weighted by molar-refractivity contribution is 0.262. The molecule has 2 heterocycles. The van der Waals surface area contributed by atoms with E-state index in [2.05, 4.69) is 20.6 Å². The number of benzene rings is 1. The molecule has 3 rings (SSSR count). The van der Waals surface area contributed by atoms with Crippen LogP contribution < -0.4 is 10.6 Å². The van der Waals surface area contributed by atoms with Gasteiger partial charge < -0.3 is 5.32 Å². The topological polar surface area (TPSA) is 66.9 Å². The van der Waals surface area contributed by atoms with E-state index in [1.54, 1.807) is 17.8 Å². The van der Waals surface area contributed by atoms with Gasteiger partial charge in [0.2, 0.25) is 0 Å². The van der Waals surface area contributed by atoms with E-state index in [0.717, 1.165) is 16.3 Å². The number of amides is 2. The Hall–Kier alpha value is -2.73. The normalized spacial score (nSPS) is 10.1. The van der Waals surface area contributed by atoms with Crippen LogP contribution in [0.5, 0.6) is 0 Å². The largest absolute Gasteiger partial charge is 0.324 e. The van der Waals surface area contributed by atoms with Gasteiger partial charge in [0, 0.05) is 29.0 Å². The quantitative estimate of drug-likeness (QED) is 0.771. The van der Waals surface area contributed by atoms with Crippen LogP contribution in [0.2, 0.25) is 0 Å². The van der Waals surface area contributed by atoms with Gasteiger partial charge in [-0.15, -0.1) is 11.3 Å². The van der Waals surface area contributed by atoms with Crippen LogP contribution in [0, 0.1) is 0 Å². The Morgan fingerprint density at radius 1 is 1.05 bits per heavy atom. The van der Waals surface area contributed by atoms with E-state index >= 15 is 0 Å². The summed E-state index contributed by atoms with van der Waals surface area (Å²) in [5.41, 5.74) is 1.66. The Kier molecular flexibility index (Phi) is 3.88. The van der Waals surface area contributed by atoms with Gasteiger partial charge in [0.25, 0.3) is 0 Å². The van der Waals surface area contributed by atoms with Gasteiger partial charge in [0.05, 0.1) is 0 Å². The number of para-hydroxylation sites is 1. The summed E-state index contributed by atoms with van der Waals surface area (Å²) in [6, 6.07) is 12.7. The lowest BCUT2D eigenvalue weighted by atomic mass is 10.3. The van der Waals surface area contributed by atoms with Gasteiger partial charge in [-0.25, -0.2) is 9.78 Å². The van der Waals surface area contributed by atoms with E-state index in [1.807, 2.05) is 42.5 Å². The minimum atomic E-state index is -0.316. The minimum Gasteiger partial charge on any atom is -0.308 e. The zero-order valence-electron chi connectivity index (χ0n) is 11.0. The summed E-state index contributed by atoms with van der Waals surface area (Å²) >= 11 is 1.46. The number of rotatable bonds is 3. The van der Waals surface area contributed by atoms with Gasteiger partial charge in [-0.1, -0.05) is 18.2 Å². The number of thiazole rings is 1. The summed E-state index contributed by atoms with van der Waals surface area (Å²) in [7, 11) is 0. The van der Waals surface area contributed by atoms with Crippen molar-refractivity contribution >= 4 is 28.9 Å². The number of hydrogen-bond donors (Lipinski definition) is 2. The van der Waals surface area contributed by atoms with E-state index in [1.165, 1.54) is 11.3 Å². The van der Waals surface area contributed by atoms with Crippen molar-refractivity contribution < 1.29 is 4.79 Å². The van der Waals surface area contributed by atoms with Crippen LogP contribution in [0.15, 0.2) is 60.2 Å². The summed E-state index contributed by atoms with van der Waals surface area (Å²) in [6.07, 6.45) is 3.45. The van der Waals surface area contributed by atoms with E-state index in [4.69, 9.17) is 0 Å². The summed E-state index contributed by atoms with van der Waals surface area (Å²) < 4.78 is 0. The first-order valence-corrected chi connectivity index (χ1v) is 7.18. The Labute approximate surface area is 125 Å². The van der Waals surface area contributed by atoms with Crippen LogP contribution in [-0.4, -0.2) is 16.0 Å². The maximum absolute atomic E-state index is 11.9. The summed E-state index contributed by atoms with van der Waals surface area (Å²) in [5.74, 6) is 0.521. The molecule has 0 saturated heterocycles. The molecule has 5 nitrogen and oxygen atoms in total. The first kappa shape index (κ1) is 13.3. The maximum Gasteiger partial charge on any atom is 0.324 e. The van der Waals surface area contributed by atoms with E-state index in [9.17, 15) is 4.79 Å². The molecular formula is C15H12N4OS. The van der Waals surface area contributed by atoms with Crippen LogP contribution in [-0.2, 0) is 0 Å². The second-order valence-corrected chi connectivity index (χ2v) is 5.08. The van der Waals surface area contributed by atoms with Crippen LogP contribution in [0.3, 0.4) is 0 Å². The van der Waals surface area contributed by atoms with Gasteiger partial charge in [-0.3, -0.25) is 10.3 Å². The first-order chi connectivity index (χ1) is 10.3. The van der Waals surface area contributed by atoms with Gasteiger partial charge in [0.1, 0.15) is 10.8 Å². The lowest BCUT2D eigenvalue weighted by Crippen LogP contribution is -2.19. The van der Waals surface area contributed by atoms with Gasteiger partial charge in [-0.2, -0.15) is 0 Å². The SMILES string of the molecule is O=C(Nc1ccccc1)Nc1csc(-c2cccnc2)n1. The van der Waals surface area contributed by atoms with Crippen LogP contribution in [0.4, 0.5) is 16.3 Å². The molecule has 0 unspecified atom stereocenters. The van der Waals surface area contributed by atoms with Crippen molar-refractivity contribution in [2.45, 2.75) is 0 Å². The molecule has 21 heavy (non-hydrogen) atoms. The molecule has 0 fully saturated rings. The Morgan fingerprint density at radius 2 is 1.90 bits per heavy atom. The predicted octanol–water partition coefficient (Wildman–Crippen LogP) is 3.85. The molecular weight excluding hydrogens is 284 g/mol. The van der Waals surface area contributed by atoms with Crippen molar-refractivity contribution in [2.75, 3.05) is 10.6 Å². The molecule has 0 aliphatic heterocycles. The molecule has 0 aliphatic rings. The Balaban J connectivity index is 1.66. The number of nitrogens with zero attached hydrogens (tertiary/aromatic N) is 2. The monoisotopic (exact) mass is 296 g/mol. The standard InChI is InChI=1S/C15H12N4OS/c20-15(17-12-6-2-1-3-7-12)19-13-10-21-14(18-13)11-5-4-8-16-9-11/h1-10H,(H2,17,19,20). The number of urea groups is 1. The van der Waals surface area contributed by atoms with Crippen molar-refractivity contribution in [1.29, 1.82) is 0 Å². The molecule has 0 aliphatic carbocycles. The van der Waals surface area contributed by atoms with Gasteiger partial charge in [0.15, 0.2) is 0 Å². The molecule has 2 N–H and O–H groups in total. The summed E-state index contributed by atoms with van der Waals surface area (Å²) in [4.78, 5) is 20.3. The summed E-state index contributed by atoms with van der Waals surface area (Å²) in [5, 5.41) is 8.07. The number of anilines is 2. The molecule has 3 aromatic rings. The number of aromatic nitrogens is 2. The number of hydrogen-bond acceptors (Lipinski definition) is 4. The highest BCUT2D eigenvalue weighted by atomic mass is 32.1. The molecule has 0 spiro atoms. The van der Waals surface area contributed by atoms with Crippen LogP contribution >= 0.6 is 11.3 Å². The number of pyridine rings is 1. The third-order valence-electron chi connectivity index (χ3n) is 2.69. The predicted molar refractivity (Wildman–Crippen MR) is 84.4 cm³/mol. The number of nitrogens with one attached hydrogen (secondary N) is 2. The number of carbonyl (C=O) groups excluding carboxylic acids is 1. The molecule has 0 saturated carbocycles. The molecule has 1 aromatic carbocycles. The minimum absolute atomic E-state index is 0.316. The van der Waals surface area contributed by atoms with E-state index < -0.39 is 0 Å². The summed E-state index contributed by atoms with van der Waals surface area (Å²) in [6.45, 7) is 0. The lowest BCUT2D eigenvalue weighted by Gasteiger charge is -2.04. The van der Waals surface area contributed by atoms with E-state index in [0.29, 0.717) is 5.82 Å². The third kappa shape index (κ3) is 3.43. The first-order valence-electron chi connectivity index (χ1n) is 6.30.